The standard InChI is InChI=1S/C18H13N3O.C2HF3O2/c22-18-4-2-14-9-17(3-1-15(14)10-18)21-12-16(11-20-21)13-5-7-19-8-6-13;3-2(4,5)1(6)7/h1-12,22H;(H,6,7). The summed E-state index contributed by atoms with van der Waals surface area (Å²) < 4.78 is 33.6. The molecule has 0 aliphatic carbocycles. The second-order valence-corrected chi connectivity index (χ2v) is 5.93. The molecule has 2 aromatic heterocycles. The fourth-order valence-corrected chi connectivity index (χ4v) is 2.52. The molecule has 0 unspecified atom stereocenters. The Kier molecular flexibility index (Phi) is 5.49. The molecule has 2 N–H and O–H groups in total. The van der Waals surface area contributed by atoms with Crippen molar-refractivity contribution in [2.45, 2.75) is 6.18 Å². The molecular formula is C20H14F3N3O3. The van der Waals surface area contributed by atoms with Gasteiger partial charge in [0.2, 0.25) is 0 Å². The fraction of sp³-hybridized carbons (Fsp3) is 0.0500. The number of rotatable bonds is 2. The van der Waals surface area contributed by atoms with Crippen LogP contribution in [0.15, 0.2) is 73.3 Å². The maximum absolute atomic E-state index is 10.6. The predicted octanol–water partition coefficient (Wildman–Crippen LogP) is 4.43. The Morgan fingerprint density at radius 3 is 2.21 bits per heavy atom. The van der Waals surface area contributed by atoms with Crippen molar-refractivity contribution in [2.75, 3.05) is 0 Å². The van der Waals surface area contributed by atoms with Crippen molar-refractivity contribution in [3.8, 4) is 22.6 Å². The van der Waals surface area contributed by atoms with Crippen LogP contribution < -0.4 is 0 Å². The zero-order chi connectivity index (χ0) is 21.0. The monoisotopic (exact) mass is 401 g/mol. The van der Waals surface area contributed by atoms with Crippen molar-refractivity contribution >= 4 is 16.7 Å². The van der Waals surface area contributed by atoms with Gasteiger partial charge in [0.25, 0.3) is 0 Å². The lowest BCUT2D eigenvalue weighted by Crippen LogP contribution is -2.21. The summed E-state index contributed by atoms with van der Waals surface area (Å²) >= 11 is 0. The molecule has 148 valence electrons. The lowest BCUT2D eigenvalue weighted by Gasteiger charge is -2.04. The molecule has 9 heteroatoms. The highest BCUT2D eigenvalue weighted by atomic mass is 19.4. The molecule has 6 nitrogen and oxygen atoms in total. The lowest BCUT2D eigenvalue weighted by atomic mass is 10.1. The number of fused-ring (bicyclic) bond motifs is 1. The van der Waals surface area contributed by atoms with Crippen LogP contribution in [0.4, 0.5) is 13.2 Å². The van der Waals surface area contributed by atoms with Gasteiger partial charge >= 0.3 is 12.1 Å². The number of phenolic OH excluding ortho intramolecular Hbond substituents is 1. The van der Waals surface area contributed by atoms with Crippen molar-refractivity contribution in [2.24, 2.45) is 0 Å². The van der Waals surface area contributed by atoms with Crippen LogP contribution in [0.3, 0.4) is 0 Å². The number of carbonyl (C=O) groups is 1. The van der Waals surface area contributed by atoms with Crippen LogP contribution >= 0.6 is 0 Å². The number of nitrogens with zero attached hydrogens (tertiary/aromatic N) is 3. The van der Waals surface area contributed by atoms with Crippen molar-refractivity contribution in [1.29, 1.82) is 0 Å². The van der Waals surface area contributed by atoms with E-state index in [-0.39, 0.29) is 5.75 Å². The zero-order valence-electron chi connectivity index (χ0n) is 14.7. The smallest absolute Gasteiger partial charge is 0.490 e. The summed E-state index contributed by atoms with van der Waals surface area (Å²) in [5.74, 6) is -2.48. The minimum Gasteiger partial charge on any atom is -0.508 e. The van der Waals surface area contributed by atoms with Gasteiger partial charge in [0.1, 0.15) is 5.75 Å². The Balaban J connectivity index is 0.000000298. The Morgan fingerprint density at radius 2 is 1.55 bits per heavy atom. The number of pyridine rings is 1. The molecule has 4 aromatic rings. The normalized spacial score (nSPS) is 11.0. The Morgan fingerprint density at radius 1 is 0.931 bits per heavy atom. The van der Waals surface area contributed by atoms with Crippen molar-refractivity contribution < 1.29 is 28.2 Å². The third-order valence-electron chi connectivity index (χ3n) is 3.91. The molecule has 29 heavy (non-hydrogen) atoms. The van der Waals surface area contributed by atoms with Crippen molar-refractivity contribution in [1.82, 2.24) is 14.8 Å². The van der Waals surface area contributed by atoms with Crippen LogP contribution in [0, 0.1) is 0 Å². The molecule has 0 spiro atoms. The SMILES string of the molecule is O=C(O)C(F)(F)F.Oc1ccc2cc(-n3cc(-c4ccncc4)cn3)ccc2c1. The van der Waals surface area contributed by atoms with Gasteiger partial charge in [-0.15, -0.1) is 0 Å². The highest BCUT2D eigenvalue weighted by Crippen LogP contribution is 2.24. The summed E-state index contributed by atoms with van der Waals surface area (Å²) in [5.41, 5.74) is 3.12. The summed E-state index contributed by atoms with van der Waals surface area (Å²) in [7, 11) is 0. The van der Waals surface area contributed by atoms with Crippen LogP contribution in [-0.4, -0.2) is 37.1 Å². The summed E-state index contributed by atoms with van der Waals surface area (Å²) in [6.07, 6.45) is 2.30. The topological polar surface area (TPSA) is 88.2 Å². The van der Waals surface area contributed by atoms with Gasteiger partial charge in [-0.2, -0.15) is 18.3 Å². The molecule has 0 saturated carbocycles. The first kappa shape index (κ1) is 19.9. The maximum Gasteiger partial charge on any atom is 0.490 e. The quantitative estimate of drug-likeness (QED) is 0.519. The van der Waals surface area contributed by atoms with Crippen LogP contribution in [0.25, 0.3) is 27.6 Å². The van der Waals surface area contributed by atoms with E-state index in [0.717, 1.165) is 27.6 Å². The molecule has 2 aromatic carbocycles. The van der Waals surface area contributed by atoms with E-state index >= 15 is 0 Å². The first-order chi connectivity index (χ1) is 13.7. The molecular weight excluding hydrogens is 387 g/mol. The fourth-order valence-electron chi connectivity index (χ4n) is 2.52. The molecule has 0 radical (unpaired) electrons. The lowest BCUT2D eigenvalue weighted by molar-refractivity contribution is -0.192. The highest BCUT2D eigenvalue weighted by molar-refractivity contribution is 5.85. The van der Waals surface area contributed by atoms with E-state index < -0.39 is 12.1 Å². The van der Waals surface area contributed by atoms with Crippen molar-refractivity contribution in [3.05, 3.63) is 73.3 Å². The van der Waals surface area contributed by atoms with E-state index in [2.05, 4.69) is 16.1 Å². The average molecular weight is 401 g/mol. The number of carboxylic acids is 1. The number of carboxylic acid groups (broad SMARTS) is 1. The second-order valence-electron chi connectivity index (χ2n) is 5.93. The Hall–Kier alpha value is -3.88. The summed E-state index contributed by atoms with van der Waals surface area (Å²) in [6, 6.07) is 15.3. The van der Waals surface area contributed by atoms with Gasteiger partial charge in [-0.25, -0.2) is 9.48 Å². The average Bonchev–Trinajstić information content (AvgIpc) is 3.18. The number of halogens is 3. The highest BCUT2D eigenvalue weighted by Gasteiger charge is 2.38. The van der Waals surface area contributed by atoms with Crippen LogP contribution in [0.5, 0.6) is 5.75 Å². The van der Waals surface area contributed by atoms with E-state index in [1.165, 1.54) is 0 Å². The van der Waals surface area contributed by atoms with Crippen LogP contribution in [0.2, 0.25) is 0 Å². The molecule has 0 aliphatic heterocycles. The number of alkyl halides is 3. The van der Waals surface area contributed by atoms with E-state index in [1.54, 1.807) is 24.5 Å². The summed E-state index contributed by atoms with van der Waals surface area (Å²) in [5, 5.41) is 23.2. The summed E-state index contributed by atoms with van der Waals surface area (Å²) in [4.78, 5) is 12.9. The molecule has 4 rings (SSSR count). The first-order valence-corrected chi connectivity index (χ1v) is 8.22. The van der Waals surface area contributed by atoms with Crippen molar-refractivity contribution in [3.63, 3.8) is 0 Å². The number of aromatic hydroxyl groups is 1. The van der Waals surface area contributed by atoms with Crippen LogP contribution in [0.1, 0.15) is 0 Å². The Bertz CT molecular complexity index is 1140. The van der Waals surface area contributed by atoms with Crippen LogP contribution in [-0.2, 0) is 4.79 Å². The van der Waals surface area contributed by atoms with Gasteiger partial charge in [0, 0.05) is 24.2 Å². The third kappa shape index (κ3) is 4.89. The molecule has 0 bridgehead atoms. The van der Waals surface area contributed by atoms with Gasteiger partial charge in [0.15, 0.2) is 0 Å². The number of hydrogen-bond acceptors (Lipinski definition) is 4. The number of benzene rings is 2. The number of aromatic nitrogens is 3. The number of hydrogen-bond donors (Lipinski definition) is 2. The molecule has 2 heterocycles. The zero-order valence-corrected chi connectivity index (χ0v) is 14.7. The van der Waals surface area contributed by atoms with E-state index in [9.17, 15) is 18.3 Å². The molecule has 0 fully saturated rings. The molecule has 0 saturated heterocycles. The molecule has 0 atom stereocenters. The van der Waals surface area contributed by atoms with Gasteiger partial charge in [-0.3, -0.25) is 4.98 Å². The molecule has 0 amide bonds. The van der Waals surface area contributed by atoms with Gasteiger partial charge < -0.3 is 10.2 Å². The minimum absolute atomic E-state index is 0.277. The van der Waals surface area contributed by atoms with E-state index in [0.29, 0.717) is 0 Å². The predicted molar refractivity (Wildman–Crippen MR) is 99.7 cm³/mol. The largest absolute Gasteiger partial charge is 0.508 e. The summed E-state index contributed by atoms with van der Waals surface area (Å²) in [6.45, 7) is 0. The second kappa shape index (κ2) is 8.01. The number of phenols is 1. The minimum atomic E-state index is -5.08. The Labute approximate surface area is 162 Å². The van der Waals surface area contributed by atoms with Gasteiger partial charge in [-0.1, -0.05) is 12.1 Å². The third-order valence-corrected chi connectivity index (χ3v) is 3.91. The van der Waals surface area contributed by atoms with E-state index in [4.69, 9.17) is 9.90 Å². The molecule has 0 aliphatic rings. The maximum atomic E-state index is 10.6. The number of aliphatic carboxylic acids is 1. The van der Waals surface area contributed by atoms with E-state index in [1.807, 2.05) is 47.4 Å². The van der Waals surface area contributed by atoms with Gasteiger partial charge in [0.05, 0.1) is 11.9 Å². The first-order valence-electron chi connectivity index (χ1n) is 8.22. The van der Waals surface area contributed by atoms with Gasteiger partial charge in [-0.05, 0) is 52.7 Å².